The van der Waals surface area contributed by atoms with Gasteiger partial charge in [-0.2, -0.15) is 0 Å². The van der Waals surface area contributed by atoms with Crippen molar-refractivity contribution in [2.24, 2.45) is 10.9 Å². The van der Waals surface area contributed by atoms with Gasteiger partial charge in [0.1, 0.15) is 5.60 Å². The number of carbonyl (C=O) groups excluding carboxylic acids is 1. The van der Waals surface area contributed by atoms with Crippen molar-refractivity contribution in [3.8, 4) is 0 Å². The van der Waals surface area contributed by atoms with Gasteiger partial charge in [-0.05, 0) is 27.7 Å². The number of ether oxygens (including phenoxy) is 1. The van der Waals surface area contributed by atoms with Crippen LogP contribution in [-0.2, 0) is 4.74 Å². The van der Waals surface area contributed by atoms with Gasteiger partial charge in [0.05, 0.1) is 6.04 Å². The van der Waals surface area contributed by atoms with E-state index in [1.165, 1.54) is 11.9 Å². The summed E-state index contributed by atoms with van der Waals surface area (Å²) in [6.45, 7) is 6.95. The fraction of sp³-hybridized carbons (Fsp3) is 0.778. The highest BCUT2D eigenvalue weighted by Crippen LogP contribution is 2.10. The van der Waals surface area contributed by atoms with Crippen LogP contribution < -0.4 is 5.73 Å². The Morgan fingerprint density at radius 2 is 2.00 bits per heavy atom. The molecule has 0 spiro atoms. The third-order valence-corrected chi connectivity index (χ3v) is 1.81. The molecule has 0 aromatic heterocycles. The zero-order valence-electron chi connectivity index (χ0n) is 9.81. The summed E-state index contributed by atoms with van der Waals surface area (Å²) in [4.78, 5) is 12.8. The second kappa shape index (κ2) is 4.86. The van der Waals surface area contributed by atoms with Gasteiger partial charge in [0, 0.05) is 7.05 Å². The van der Waals surface area contributed by atoms with E-state index in [4.69, 9.17) is 15.7 Å². The zero-order chi connectivity index (χ0) is 12.2. The van der Waals surface area contributed by atoms with Gasteiger partial charge in [0.15, 0.2) is 5.84 Å². The molecule has 0 aliphatic heterocycles. The Morgan fingerprint density at radius 1 is 1.53 bits per heavy atom. The molecule has 0 aromatic carbocycles. The molecular weight excluding hydrogens is 198 g/mol. The minimum atomic E-state index is -0.559. The molecule has 0 fully saturated rings. The first-order chi connectivity index (χ1) is 6.69. The van der Waals surface area contributed by atoms with Crippen molar-refractivity contribution in [2.45, 2.75) is 39.3 Å². The van der Waals surface area contributed by atoms with Crippen molar-refractivity contribution in [2.75, 3.05) is 7.05 Å². The summed E-state index contributed by atoms with van der Waals surface area (Å²) < 4.78 is 5.11. The van der Waals surface area contributed by atoms with Crippen LogP contribution in [-0.4, -0.2) is 40.7 Å². The third kappa shape index (κ3) is 4.53. The maximum Gasteiger partial charge on any atom is 0.410 e. The monoisotopic (exact) mass is 217 g/mol. The van der Waals surface area contributed by atoms with Crippen molar-refractivity contribution in [3.05, 3.63) is 0 Å². The summed E-state index contributed by atoms with van der Waals surface area (Å²) in [5.41, 5.74) is 4.81. The number of hydrogen-bond donors (Lipinski definition) is 2. The largest absolute Gasteiger partial charge is 0.444 e. The fourth-order valence-electron chi connectivity index (χ4n) is 0.774. The molecule has 6 heteroatoms. The standard InChI is InChI=1S/C9H19N3O3/c1-6(7(10)11-14)12(5)8(13)15-9(2,3)4/h6,14H,1-5H3,(H2,10,11)/t6-/m0/s1. The van der Waals surface area contributed by atoms with E-state index in [1.807, 2.05) is 0 Å². The van der Waals surface area contributed by atoms with E-state index in [2.05, 4.69) is 5.16 Å². The van der Waals surface area contributed by atoms with Gasteiger partial charge < -0.3 is 20.6 Å². The maximum absolute atomic E-state index is 11.5. The summed E-state index contributed by atoms with van der Waals surface area (Å²) in [5.74, 6) is -0.0386. The molecule has 15 heavy (non-hydrogen) atoms. The van der Waals surface area contributed by atoms with Crippen molar-refractivity contribution in [1.29, 1.82) is 0 Å². The van der Waals surface area contributed by atoms with E-state index in [-0.39, 0.29) is 5.84 Å². The molecule has 0 radical (unpaired) electrons. The number of oxime groups is 1. The Labute approximate surface area is 89.7 Å². The van der Waals surface area contributed by atoms with Crippen molar-refractivity contribution >= 4 is 11.9 Å². The van der Waals surface area contributed by atoms with Gasteiger partial charge in [-0.3, -0.25) is 0 Å². The van der Waals surface area contributed by atoms with E-state index in [0.29, 0.717) is 0 Å². The fourth-order valence-corrected chi connectivity index (χ4v) is 0.774. The first-order valence-corrected chi connectivity index (χ1v) is 4.62. The Balaban J connectivity index is 4.46. The normalized spacial score (nSPS) is 14.6. The van der Waals surface area contributed by atoms with Gasteiger partial charge >= 0.3 is 6.09 Å². The first-order valence-electron chi connectivity index (χ1n) is 4.62. The van der Waals surface area contributed by atoms with Crippen molar-refractivity contribution in [1.82, 2.24) is 4.90 Å². The summed E-state index contributed by atoms with van der Waals surface area (Å²) in [6.07, 6.45) is -0.512. The van der Waals surface area contributed by atoms with Gasteiger partial charge in [-0.15, -0.1) is 0 Å². The lowest BCUT2D eigenvalue weighted by Crippen LogP contribution is -2.45. The molecule has 0 aliphatic carbocycles. The van der Waals surface area contributed by atoms with Crippen molar-refractivity contribution in [3.63, 3.8) is 0 Å². The lowest BCUT2D eigenvalue weighted by atomic mass is 10.2. The number of carbonyl (C=O) groups is 1. The van der Waals surface area contributed by atoms with Gasteiger partial charge in [-0.25, -0.2) is 4.79 Å². The van der Waals surface area contributed by atoms with Crippen LogP contribution >= 0.6 is 0 Å². The average molecular weight is 217 g/mol. The Hall–Kier alpha value is -1.46. The molecule has 3 N–H and O–H groups in total. The zero-order valence-corrected chi connectivity index (χ0v) is 9.81. The minimum absolute atomic E-state index is 0.0386. The van der Waals surface area contributed by atoms with Crippen LogP contribution in [0, 0.1) is 0 Å². The van der Waals surface area contributed by atoms with Crippen LogP contribution in [0.1, 0.15) is 27.7 Å². The predicted molar refractivity (Wildman–Crippen MR) is 56.9 cm³/mol. The maximum atomic E-state index is 11.5. The van der Waals surface area contributed by atoms with E-state index < -0.39 is 17.7 Å². The van der Waals surface area contributed by atoms with E-state index in [9.17, 15) is 4.79 Å². The summed E-state index contributed by atoms with van der Waals surface area (Å²) >= 11 is 0. The number of likely N-dealkylation sites (N-methyl/N-ethyl adjacent to an activating group) is 1. The van der Waals surface area contributed by atoms with Crippen LogP contribution in [0.3, 0.4) is 0 Å². The summed E-state index contributed by atoms with van der Waals surface area (Å²) in [5, 5.41) is 11.3. The first kappa shape index (κ1) is 13.5. The summed E-state index contributed by atoms with van der Waals surface area (Å²) in [6, 6.07) is -0.509. The van der Waals surface area contributed by atoms with Crippen LogP contribution in [0.15, 0.2) is 5.16 Å². The molecule has 0 saturated heterocycles. The van der Waals surface area contributed by atoms with Crippen LogP contribution in [0.25, 0.3) is 0 Å². The molecule has 0 saturated carbocycles. The van der Waals surface area contributed by atoms with E-state index >= 15 is 0 Å². The van der Waals surface area contributed by atoms with Gasteiger partial charge in [0.2, 0.25) is 0 Å². The molecule has 0 unspecified atom stereocenters. The number of hydrogen-bond acceptors (Lipinski definition) is 4. The summed E-state index contributed by atoms with van der Waals surface area (Å²) in [7, 11) is 1.52. The number of nitrogens with zero attached hydrogens (tertiary/aromatic N) is 2. The lowest BCUT2D eigenvalue weighted by Gasteiger charge is -2.27. The Bertz CT molecular complexity index is 258. The molecule has 1 atom stereocenters. The van der Waals surface area contributed by atoms with Crippen molar-refractivity contribution < 1.29 is 14.7 Å². The molecule has 0 heterocycles. The van der Waals surface area contributed by atoms with Gasteiger partial charge in [0.25, 0.3) is 0 Å². The lowest BCUT2D eigenvalue weighted by molar-refractivity contribution is 0.0275. The molecular formula is C9H19N3O3. The van der Waals surface area contributed by atoms with Crippen LogP contribution in [0.2, 0.25) is 0 Å². The highest BCUT2D eigenvalue weighted by atomic mass is 16.6. The second-order valence-corrected chi connectivity index (χ2v) is 4.29. The minimum Gasteiger partial charge on any atom is -0.444 e. The number of nitrogens with two attached hydrogens (primary N) is 1. The Morgan fingerprint density at radius 3 is 2.33 bits per heavy atom. The molecule has 0 aromatic rings. The SMILES string of the molecule is C[C@@H](/C(N)=N\O)N(C)C(=O)OC(C)(C)C. The van der Waals surface area contributed by atoms with E-state index in [1.54, 1.807) is 27.7 Å². The highest BCUT2D eigenvalue weighted by Gasteiger charge is 2.24. The Kier molecular flexibility index (Phi) is 4.39. The number of rotatable bonds is 2. The number of amidine groups is 1. The molecule has 0 aliphatic rings. The topological polar surface area (TPSA) is 88.2 Å². The third-order valence-electron chi connectivity index (χ3n) is 1.81. The van der Waals surface area contributed by atoms with Crippen LogP contribution in [0.5, 0.6) is 0 Å². The molecule has 1 amide bonds. The molecule has 0 bridgehead atoms. The highest BCUT2D eigenvalue weighted by molar-refractivity contribution is 5.87. The van der Waals surface area contributed by atoms with Crippen LogP contribution in [0.4, 0.5) is 4.79 Å². The average Bonchev–Trinajstić information content (AvgIpc) is 2.11. The predicted octanol–water partition coefficient (Wildman–Crippen LogP) is 0.988. The smallest absolute Gasteiger partial charge is 0.410 e. The second-order valence-electron chi connectivity index (χ2n) is 4.29. The molecule has 6 nitrogen and oxygen atoms in total. The van der Waals surface area contributed by atoms with Gasteiger partial charge in [-0.1, -0.05) is 5.16 Å². The van der Waals surface area contributed by atoms with E-state index in [0.717, 1.165) is 0 Å². The molecule has 0 rings (SSSR count). The quantitative estimate of drug-likeness (QED) is 0.312. The number of amides is 1. The molecule has 88 valence electrons.